The van der Waals surface area contributed by atoms with Gasteiger partial charge in [0.1, 0.15) is 5.82 Å². The van der Waals surface area contributed by atoms with Gasteiger partial charge in [-0.25, -0.2) is 4.39 Å². The quantitative estimate of drug-likeness (QED) is 0.203. The summed E-state index contributed by atoms with van der Waals surface area (Å²) >= 11 is 0. The molecule has 166 valence electrons. The number of fused-ring (bicyclic) bond motifs is 1. The lowest BCUT2D eigenvalue weighted by atomic mass is 9.98. The maximum atomic E-state index is 15.1. The summed E-state index contributed by atoms with van der Waals surface area (Å²) in [6.45, 7) is 4.28. The van der Waals surface area contributed by atoms with Crippen molar-refractivity contribution in [3.8, 4) is 11.8 Å². The molecule has 0 aliphatic heterocycles. The highest BCUT2D eigenvalue weighted by atomic mass is 19.1. The Morgan fingerprint density at radius 3 is 2.06 bits per heavy atom. The Morgan fingerprint density at radius 1 is 0.667 bits per heavy atom. The molecule has 0 aliphatic carbocycles. The molecule has 4 aromatic rings. The van der Waals surface area contributed by atoms with E-state index in [4.69, 9.17) is 0 Å². The molecule has 0 aliphatic rings. The molecule has 0 amide bonds. The highest BCUT2D eigenvalue weighted by Gasteiger charge is 2.07. The maximum Gasteiger partial charge on any atom is 0.146 e. The molecule has 0 fully saturated rings. The fourth-order valence-corrected chi connectivity index (χ4v) is 4.11. The van der Waals surface area contributed by atoms with Crippen LogP contribution in [-0.2, 0) is 19.3 Å². The van der Waals surface area contributed by atoms with Gasteiger partial charge in [-0.05, 0) is 72.9 Å². The lowest BCUT2D eigenvalue weighted by molar-refractivity contribution is 0.636. The van der Waals surface area contributed by atoms with Crippen LogP contribution in [0.4, 0.5) is 4.39 Å². The minimum Gasteiger partial charge on any atom is -0.205 e. The zero-order chi connectivity index (χ0) is 23.0. The van der Waals surface area contributed by atoms with Crippen molar-refractivity contribution in [2.45, 2.75) is 52.4 Å². The Hall–Kier alpha value is -3.37. The SMILES string of the molecule is CCCCCc1ccc(CCc2ccc3c(F)c(C#Cc4ccc(C)cc4)ccc3c2)cc1. The monoisotopic (exact) mass is 434 g/mol. The third kappa shape index (κ3) is 6.11. The van der Waals surface area contributed by atoms with E-state index in [1.807, 2.05) is 49.4 Å². The summed E-state index contributed by atoms with van der Waals surface area (Å²) in [5.41, 5.74) is 6.52. The van der Waals surface area contributed by atoms with E-state index in [0.29, 0.717) is 10.9 Å². The number of hydrogen-bond donors (Lipinski definition) is 0. The molecule has 0 bridgehead atoms. The first-order chi connectivity index (χ1) is 16.1. The lowest BCUT2D eigenvalue weighted by Gasteiger charge is -2.07. The van der Waals surface area contributed by atoms with Crippen molar-refractivity contribution in [1.29, 1.82) is 0 Å². The predicted octanol–water partition coefficient (Wildman–Crippen LogP) is 8.21. The molecule has 0 unspecified atom stereocenters. The number of rotatable bonds is 7. The van der Waals surface area contributed by atoms with Crippen LogP contribution in [0.25, 0.3) is 10.8 Å². The Bertz CT molecular complexity index is 1270. The zero-order valence-corrected chi connectivity index (χ0v) is 19.6. The lowest BCUT2D eigenvalue weighted by Crippen LogP contribution is -1.94. The van der Waals surface area contributed by atoms with E-state index in [1.165, 1.54) is 47.9 Å². The summed E-state index contributed by atoms with van der Waals surface area (Å²) in [6, 6.07) is 26.8. The van der Waals surface area contributed by atoms with Gasteiger partial charge in [0.2, 0.25) is 0 Å². The summed E-state index contributed by atoms with van der Waals surface area (Å²) in [7, 11) is 0. The standard InChI is InChI=1S/C32H31F/c1-3-4-5-6-25-11-13-27(14-12-25)15-16-28-18-22-31-30(23-28)21-20-29(32(31)33)19-17-26-9-7-24(2)8-10-26/h7-14,18,20-23H,3-6,15-16H2,1-2H3. The molecule has 0 radical (unpaired) electrons. The van der Waals surface area contributed by atoms with Gasteiger partial charge in [0.05, 0.1) is 5.56 Å². The first kappa shape index (κ1) is 22.8. The van der Waals surface area contributed by atoms with Crippen LogP contribution in [0.15, 0.2) is 78.9 Å². The van der Waals surface area contributed by atoms with Crippen LogP contribution >= 0.6 is 0 Å². The first-order valence-corrected chi connectivity index (χ1v) is 12.0. The van der Waals surface area contributed by atoms with E-state index in [9.17, 15) is 0 Å². The molecule has 0 atom stereocenters. The van der Waals surface area contributed by atoms with Gasteiger partial charge < -0.3 is 0 Å². The highest BCUT2D eigenvalue weighted by Crippen LogP contribution is 2.23. The van der Waals surface area contributed by atoms with Gasteiger partial charge in [-0.1, -0.05) is 97.8 Å². The van der Waals surface area contributed by atoms with Gasteiger partial charge in [-0.3, -0.25) is 0 Å². The van der Waals surface area contributed by atoms with E-state index >= 15 is 4.39 Å². The number of hydrogen-bond acceptors (Lipinski definition) is 0. The summed E-state index contributed by atoms with van der Waals surface area (Å²) in [5.74, 6) is 5.83. The maximum absolute atomic E-state index is 15.1. The Kier molecular flexibility index (Phi) is 7.59. The molecule has 0 spiro atoms. The average Bonchev–Trinajstić information content (AvgIpc) is 2.84. The third-order valence-corrected chi connectivity index (χ3v) is 6.21. The second-order valence-corrected chi connectivity index (χ2v) is 8.87. The third-order valence-electron chi connectivity index (χ3n) is 6.21. The Balaban J connectivity index is 1.43. The van der Waals surface area contributed by atoms with Crippen LogP contribution in [0.2, 0.25) is 0 Å². The highest BCUT2D eigenvalue weighted by molar-refractivity contribution is 5.85. The molecule has 0 nitrogen and oxygen atoms in total. The fourth-order valence-electron chi connectivity index (χ4n) is 4.11. The molecular weight excluding hydrogens is 403 g/mol. The zero-order valence-electron chi connectivity index (χ0n) is 19.6. The summed E-state index contributed by atoms with van der Waals surface area (Å²) in [5, 5.41) is 1.56. The second kappa shape index (κ2) is 11.0. The Morgan fingerprint density at radius 2 is 1.33 bits per heavy atom. The van der Waals surface area contributed by atoms with E-state index in [2.05, 4.69) is 49.1 Å². The van der Waals surface area contributed by atoms with E-state index < -0.39 is 0 Å². The predicted molar refractivity (Wildman–Crippen MR) is 138 cm³/mol. The van der Waals surface area contributed by atoms with Crippen molar-refractivity contribution >= 4 is 10.8 Å². The van der Waals surface area contributed by atoms with Crippen LogP contribution in [0, 0.1) is 24.6 Å². The molecule has 4 aromatic carbocycles. The van der Waals surface area contributed by atoms with E-state index in [1.54, 1.807) is 6.07 Å². The number of aryl methyl sites for hydroxylation is 4. The van der Waals surface area contributed by atoms with E-state index in [0.717, 1.165) is 23.8 Å². The minimum atomic E-state index is -0.239. The summed E-state index contributed by atoms with van der Waals surface area (Å²) < 4.78 is 15.1. The normalized spacial score (nSPS) is 10.8. The van der Waals surface area contributed by atoms with Gasteiger partial charge in [0, 0.05) is 10.9 Å². The van der Waals surface area contributed by atoms with Gasteiger partial charge in [0.15, 0.2) is 0 Å². The van der Waals surface area contributed by atoms with Gasteiger partial charge in [-0.15, -0.1) is 0 Å². The van der Waals surface area contributed by atoms with Gasteiger partial charge in [-0.2, -0.15) is 0 Å². The number of benzene rings is 4. The molecule has 0 heterocycles. The van der Waals surface area contributed by atoms with Crippen LogP contribution < -0.4 is 0 Å². The van der Waals surface area contributed by atoms with Gasteiger partial charge >= 0.3 is 0 Å². The summed E-state index contributed by atoms with van der Waals surface area (Å²) in [6.07, 6.45) is 6.93. The topological polar surface area (TPSA) is 0 Å². The largest absolute Gasteiger partial charge is 0.205 e. The minimum absolute atomic E-state index is 0.239. The van der Waals surface area contributed by atoms with Crippen molar-refractivity contribution in [1.82, 2.24) is 0 Å². The molecule has 33 heavy (non-hydrogen) atoms. The molecular formula is C32H31F. The number of halogens is 1. The second-order valence-electron chi connectivity index (χ2n) is 8.87. The molecule has 0 saturated carbocycles. The molecule has 0 N–H and O–H groups in total. The number of unbranched alkanes of at least 4 members (excludes halogenated alkanes) is 2. The van der Waals surface area contributed by atoms with Gasteiger partial charge in [0.25, 0.3) is 0 Å². The van der Waals surface area contributed by atoms with Crippen LogP contribution in [-0.4, -0.2) is 0 Å². The van der Waals surface area contributed by atoms with Crippen LogP contribution in [0.1, 0.15) is 59.6 Å². The molecule has 4 rings (SSSR count). The molecule has 1 heteroatoms. The van der Waals surface area contributed by atoms with Crippen LogP contribution in [0.5, 0.6) is 0 Å². The molecule has 0 aromatic heterocycles. The van der Waals surface area contributed by atoms with Crippen molar-refractivity contribution in [3.63, 3.8) is 0 Å². The van der Waals surface area contributed by atoms with Crippen molar-refractivity contribution < 1.29 is 4.39 Å². The van der Waals surface area contributed by atoms with E-state index in [-0.39, 0.29) is 5.82 Å². The van der Waals surface area contributed by atoms with Crippen LogP contribution in [0.3, 0.4) is 0 Å². The smallest absolute Gasteiger partial charge is 0.146 e. The van der Waals surface area contributed by atoms with Crippen molar-refractivity contribution in [2.24, 2.45) is 0 Å². The van der Waals surface area contributed by atoms with Crippen molar-refractivity contribution in [2.75, 3.05) is 0 Å². The average molecular weight is 435 g/mol. The molecule has 0 saturated heterocycles. The van der Waals surface area contributed by atoms with Crippen molar-refractivity contribution in [3.05, 3.63) is 118 Å². The fraction of sp³-hybridized carbons (Fsp3) is 0.250. The first-order valence-electron chi connectivity index (χ1n) is 12.0. The Labute approximate surface area is 197 Å². The summed E-state index contributed by atoms with van der Waals surface area (Å²) in [4.78, 5) is 0.